The highest BCUT2D eigenvalue weighted by Gasteiger charge is 2.43. The van der Waals surface area contributed by atoms with Crippen LogP contribution in [0.1, 0.15) is 43.0 Å². The van der Waals surface area contributed by atoms with Crippen LogP contribution in [0, 0.1) is 5.41 Å². The van der Waals surface area contributed by atoms with E-state index in [1.165, 1.54) is 0 Å². The number of benzene rings is 1. The summed E-state index contributed by atoms with van der Waals surface area (Å²) >= 11 is 3.40. The summed E-state index contributed by atoms with van der Waals surface area (Å²) in [6.07, 6.45) is 3.42. The molecule has 1 aromatic rings. The van der Waals surface area contributed by atoms with Gasteiger partial charge in [-0.1, -0.05) is 12.8 Å². The number of nitrogens with one attached hydrogen (secondary N) is 1. The van der Waals surface area contributed by atoms with Crippen molar-refractivity contribution in [2.75, 3.05) is 5.32 Å². The molecule has 0 radical (unpaired) electrons. The minimum Gasteiger partial charge on any atom is -0.481 e. The highest BCUT2D eigenvalue weighted by atomic mass is 79.9. The molecule has 1 aliphatic rings. The summed E-state index contributed by atoms with van der Waals surface area (Å²) in [7, 11) is 0. The van der Waals surface area contributed by atoms with Crippen molar-refractivity contribution in [3.63, 3.8) is 0 Å². The van der Waals surface area contributed by atoms with Crippen molar-refractivity contribution in [1.29, 1.82) is 0 Å². The number of carboxylic acid groups (broad SMARTS) is 1. The molecule has 2 atom stereocenters. The maximum absolute atomic E-state index is 11.6. The molecule has 21 heavy (non-hydrogen) atoms. The molecule has 1 aromatic carbocycles. The van der Waals surface area contributed by atoms with E-state index in [0.717, 1.165) is 24.9 Å². The zero-order valence-electron chi connectivity index (χ0n) is 11.9. The van der Waals surface area contributed by atoms with Crippen LogP contribution < -0.4 is 11.1 Å². The standard InChI is InChI=1S/C15H19BrN2O3/c1-15(14(20)21)7-3-2-4-12(15)18-11-6-5-9(13(17)19)8-10(11)16/h5-6,8,12,18H,2-4,7H2,1H3,(H2,17,19)(H,20,21). The molecule has 0 aromatic heterocycles. The Kier molecular flexibility index (Phi) is 4.56. The third kappa shape index (κ3) is 3.20. The molecule has 114 valence electrons. The highest BCUT2D eigenvalue weighted by Crippen LogP contribution is 2.39. The summed E-state index contributed by atoms with van der Waals surface area (Å²) in [4.78, 5) is 22.7. The number of primary amides is 1. The van der Waals surface area contributed by atoms with Crippen molar-refractivity contribution < 1.29 is 14.7 Å². The molecule has 1 saturated carbocycles. The molecular weight excluding hydrogens is 336 g/mol. The van der Waals surface area contributed by atoms with Gasteiger partial charge in [-0.3, -0.25) is 9.59 Å². The van der Waals surface area contributed by atoms with E-state index in [2.05, 4.69) is 21.2 Å². The molecule has 6 heteroatoms. The topological polar surface area (TPSA) is 92.4 Å². The smallest absolute Gasteiger partial charge is 0.311 e. The molecule has 0 spiro atoms. The molecule has 0 heterocycles. The number of carbonyl (C=O) groups excluding carboxylic acids is 1. The molecular formula is C15H19BrN2O3. The summed E-state index contributed by atoms with van der Waals surface area (Å²) in [5, 5.41) is 12.8. The first-order valence-corrected chi connectivity index (χ1v) is 7.73. The summed E-state index contributed by atoms with van der Waals surface area (Å²) in [5.41, 5.74) is 5.66. The minimum atomic E-state index is -0.778. The van der Waals surface area contributed by atoms with E-state index in [4.69, 9.17) is 5.73 Å². The van der Waals surface area contributed by atoms with Crippen molar-refractivity contribution in [3.8, 4) is 0 Å². The number of anilines is 1. The summed E-state index contributed by atoms with van der Waals surface area (Å²) in [6, 6.07) is 4.89. The van der Waals surface area contributed by atoms with Crippen molar-refractivity contribution >= 4 is 33.5 Å². The van der Waals surface area contributed by atoms with Gasteiger partial charge in [0, 0.05) is 21.8 Å². The molecule has 1 amide bonds. The number of hydrogen-bond acceptors (Lipinski definition) is 3. The van der Waals surface area contributed by atoms with Gasteiger partial charge in [0.05, 0.1) is 5.41 Å². The average Bonchev–Trinajstić information content (AvgIpc) is 2.43. The maximum atomic E-state index is 11.6. The number of halogens is 1. The molecule has 0 saturated heterocycles. The Balaban J connectivity index is 2.24. The van der Waals surface area contributed by atoms with E-state index in [1.54, 1.807) is 25.1 Å². The van der Waals surface area contributed by atoms with Gasteiger partial charge in [-0.2, -0.15) is 0 Å². The zero-order chi connectivity index (χ0) is 15.6. The monoisotopic (exact) mass is 354 g/mol. The Morgan fingerprint density at radius 2 is 2.14 bits per heavy atom. The van der Waals surface area contributed by atoms with Crippen LogP contribution in [-0.4, -0.2) is 23.0 Å². The Bertz CT molecular complexity index is 576. The van der Waals surface area contributed by atoms with E-state index in [1.807, 2.05) is 0 Å². The second-order valence-electron chi connectivity index (χ2n) is 5.72. The number of nitrogens with two attached hydrogens (primary N) is 1. The molecule has 2 unspecified atom stereocenters. The molecule has 0 aliphatic heterocycles. The van der Waals surface area contributed by atoms with Gasteiger partial charge in [0.15, 0.2) is 0 Å². The van der Waals surface area contributed by atoms with Gasteiger partial charge < -0.3 is 16.2 Å². The lowest BCUT2D eigenvalue weighted by atomic mass is 9.71. The van der Waals surface area contributed by atoms with Gasteiger partial charge in [-0.15, -0.1) is 0 Å². The van der Waals surface area contributed by atoms with Crippen LogP contribution >= 0.6 is 15.9 Å². The predicted octanol–water partition coefficient (Wildman–Crippen LogP) is 2.99. The second-order valence-corrected chi connectivity index (χ2v) is 6.58. The Morgan fingerprint density at radius 1 is 1.43 bits per heavy atom. The Labute approximate surface area is 132 Å². The first-order chi connectivity index (χ1) is 9.84. The van der Waals surface area contributed by atoms with Crippen LogP contribution in [0.3, 0.4) is 0 Å². The first-order valence-electron chi connectivity index (χ1n) is 6.94. The average molecular weight is 355 g/mol. The van der Waals surface area contributed by atoms with E-state index in [9.17, 15) is 14.7 Å². The van der Waals surface area contributed by atoms with Gasteiger partial charge >= 0.3 is 5.97 Å². The van der Waals surface area contributed by atoms with Crippen molar-refractivity contribution in [2.24, 2.45) is 11.1 Å². The van der Waals surface area contributed by atoms with Gasteiger partial charge in [0.25, 0.3) is 0 Å². The lowest BCUT2D eigenvalue weighted by molar-refractivity contribution is -0.150. The van der Waals surface area contributed by atoms with Crippen LogP contribution in [0.2, 0.25) is 0 Å². The van der Waals surface area contributed by atoms with Crippen molar-refractivity contribution in [2.45, 2.75) is 38.6 Å². The lowest BCUT2D eigenvalue weighted by Crippen LogP contribution is -2.46. The molecule has 0 bridgehead atoms. The maximum Gasteiger partial charge on any atom is 0.311 e. The van der Waals surface area contributed by atoms with Crippen LogP contribution in [0.15, 0.2) is 22.7 Å². The SMILES string of the molecule is CC1(C(=O)O)CCCCC1Nc1ccc(C(N)=O)cc1Br. The van der Waals surface area contributed by atoms with Gasteiger partial charge in [0.1, 0.15) is 0 Å². The van der Waals surface area contributed by atoms with Gasteiger partial charge in [0.2, 0.25) is 5.91 Å². The zero-order valence-corrected chi connectivity index (χ0v) is 13.4. The number of amides is 1. The minimum absolute atomic E-state index is 0.139. The van der Waals surface area contributed by atoms with Crippen molar-refractivity contribution in [1.82, 2.24) is 0 Å². The number of carboxylic acids is 1. The van der Waals surface area contributed by atoms with Gasteiger partial charge in [-0.25, -0.2) is 0 Å². The number of carbonyl (C=O) groups is 2. The van der Waals surface area contributed by atoms with E-state index < -0.39 is 17.3 Å². The molecule has 4 N–H and O–H groups in total. The third-order valence-corrected chi connectivity index (χ3v) is 4.94. The number of rotatable bonds is 4. The number of aliphatic carboxylic acids is 1. The molecule has 2 rings (SSSR count). The van der Waals surface area contributed by atoms with E-state index >= 15 is 0 Å². The second kappa shape index (κ2) is 6.05. The Hall–Kier alpha value is -1.56. The van der Waals surface area contributed by atoms with Crippen molar-refractivity contribution in [3.05, 3.63) is 28.2 Å². The van der Waals surface area contributed by atoms with E-state index in [0.29, 0.717) is 16.5 Å². The van der Waals surface area contributed by atoms with E-state index in [-0.39, 0.29) is 6.04 Å². The van der Waals surface area contributed by atoms with Crippen LogP contribution in [0.25, 0.3) is 0 Å². The number of hydrogen-bond donors (Lipinski definition) is 3. The molecule has 1 fully saturated rings. The van der Waals surface area contributed by atoms with Crippen LogP contribution in [-0.2, 0) is 4.79 Å². The molecule has 1 aliphatic carbocycles. The fraction of sp³-hybridized carbons (Fsp3) is 0.467. The largest absolute Gasteiger partial charge is 0.481 e. The normalized spacial score (nSPS) is 25.3. The fourth-order valence-corrected chi connectivity index (χ4v) is 3.29. The first kappa shape index (κ1) is 15.8. The lowest BCUT2D eigenvalue weighted by Gasteiger charge is -2.39. The van der Waals surface area contributed by atoms with Crippen LogP contribution in [0.5, 0.6) is 0 Å². The summed E-state index contributed by atoms with van der Waals surface area (Å²) < 4.78 is 0.706. The van der Waals surface area contributed by atoms with Gasteiger partial charge in [-0.05, 0) is 53.9 Å². The summed E-state index contributed by atoms with van der Waals surface area (Å²) in [5.74, 6) is -1.26. The quantitative estimate of drug-likeness (QED) is 0.774. The fourth-order valence-electron chi connectivity index (χ4n) is 2.79. The highest BCUT2D eigenvalue weighted by molar-refractivity contribution is 9.10. The summed E-state index contributed by atoms with van der Waals surface area (Å²) in [6.45, 7) is 1.79. The third-order valence-electron chi connectivity index (χ3n) is 4.28. The Morgan fingerprint density at radius 3 is 2.71 bits per heavy atom. The predicted molar refractivity (Wildman–Crippen MR) is 84.3 cm³/mol. The molecule has 5 nitrogen and oxygen atoms in total. The van der Waals surface area contributed by atoms with Crippen LogP contribution in [0.4, 0.5) is 5.69 Å².